The van der Waals surface area contributed by atoms with Gasteiger partial charge in [-0.1, -0.05) is 24.3 Å². The molecule has 1 aliphatic rings. The lowest BCUT2D eigenvalue weighted by Crippen LogP contribution is -2.35. The van der Waals surface area contributed by atoms with Crippen LogP contribution in [0, 0.1) is 12.8 Å². The molecule has 0 saturated carbocycles. The number of hydrogen-bond acceptors (Lipinski definition) is 3. The van der Waals surface area contributed by atoms with E-state index in [2.05, 4.69) is 29.5 Å². The first kappa shape index (κ1) is 15.7. The molecule has 0 aliphatic carbocycles. The van der Waals surface area contributed by atoms with Crippen molar-refractivity contribution in [2.24, 2.45) is 13.0 Å². The molecule has 0 radical (unpaired) electrons. The number of amides is 1. The molecule has 3 rings (SSSR count). The highest BCUT2D eigenvalue weighted by Gasteiger charge is 2.36. The molecular formula is C18H24N4O. The molecule has 0 bridgehead atoms. The number of nitrogens with one attached hydrogen (secondary N) is 1. The Labute approximate surface area is 137 Å². The molecular weight excluding hydrogens is 288 g/mol. The van der Waals surface area contributed by atoms with Gasteiger partial charge >= 0.3 is 0 Å². The Morgan fingerprint density at radius 1 is 1.39 bits per heavy atom. The summed E-state index contributed by atoms with van der Waals surface area (Å²) >= 11 is 0. The lowest BCUT2D eigenvalue weighted by molar-refractivity contribution is -0.134. The van der Waals surface area contributed by atoms with Crippen molar-refractivity contribution in [3.63, 3.8) is 0 Å². The van der Waals surface area contributed by atoms with E-state index in [1.807, 2.05) is 43.5 Å². The van der Waals surface area contributed by atoms with Crippen LogP contribution in [0.2, 0.25) is 0 Å². The van der Waals surface area contributed by atoms with E-state index in [4.69, 9.17) is 0 Å². The average molecular weight is 312 g/mol. The Hall–Kier alpha value is -2.14. The summed E-state index contributed by atoms with van der Waals surface area (Å²) in [5.74, 6) is 0.385. The summed E-state index contributed by atoms with van der Waals surface area (Å²) < 4.78 is 1.80. The minimum absolute atomic E-state index is 0.0202. The van der Waals surface area contributed by atoms with Crippen LogP contribution in [0.5, 0.6) is 0 Å². The minimum Gasteiger partial charge on any atom is -0.341 e. The smallest absolute Gasteiger partial charge is 0.227 e. The van der Waals surface area contributed by atoms with E-state index in [0.717, 1.165) is 18.7 Å². The summed E-state index contributed by atoms with van der Waals surface area (Å²) in [6.45, 7) is 4.31. The highest BCUT2D eigenvalue weighted by atomic mass is 16.2. The van der Waals surface area contributed by atoms with Gasteiger partial charge in [-0.05, 0) is 23.6 Å². The van der Waals surface area contributed by atoms with Crippen molar-refractivity contribution in [2.75, 3.05) is 20.1 Å². The fraction of sp³-hybridized carbons (Fsp3) is 0.444. The molecule has 1 aromatic heterocycles. The van der Waals surface area contributed by atoms with E-state index < -0.39 is 0 Å². The molecule has 1 aliphatic heterocycles. The molecule has 122 valence electrons. The first-order valence-corrected chi connectivity index (χ1v) is 8.05. The van der Waals surface area contributed by atoms with E-state index in [9.17, 15) is 4.79 Å². The predicted molar refractivity (Wildman–Crippen MR) is 90.0 cm³/mol. The molecule has 1 aromatic carbocycles. The van der Waals surface area contributed by atoms with Gasteiger partial charge in [0.1, 0.15) is 0 Å². The molecule has 2 atom stereocenters. The minimum atomic E-state index is -0.0202. The third-order valence-corrected chi connectivity index (χ3v) is 4.73. The molecule has 5 nitrogen and oxygen atoms in total. The van der Waals surface area contributed by atoms with Crippen molar-refractivity contribution in [2.45, 2.75) is 19.4 Å². The second-order valence-corrected chi connectivity index (χ2v) is 6.44. The third kappa shape index (κ3) is 3.29. The van der Waals surface area contributed by atoms with Crippen molar-refractivity contribution >= 4 is 5.91 Å². The lowest BCUT2D eigenvalue weighted by atomic mass is 9.89. The number of carbonyl (C=O) groups excluding carboxylic acids is 1. The summed E-state index contributed by atoms with van der Waals surface area (Å²) in [5.41, 5.74) is 3.56. The van der Waals surface area contributed by atoms with Crippen LogP contribution in [0.25, 0.3) is 0 Å². The molecule has 2 aromatic rings. The SMILES string of the molecule is Cc1ccccc1CN(C)C(=O)[C@H]1CNC[C@@H]1c1cnn(C)c1. The number of nitrogens with zero attached hydrogens (tertiary/aromatic N) is 3. The maximum Gasteiger partial charge on any atom is 0.227 e. The number of aryl methyl sites for hydroxylation is 2. The second kappa shape index (κ2) is 6.54. The summed E-state index contributed by atoms with van der Waals surface area (Å²) in [5, 5.41) is 7.60. The van der Waals surface area contributed by atoms with Gasteiger partial charge in [-0.3, -0.25) is 9.48 Å². The zero-order valence-electron chi connectivity index (χ0n) is 14.0. The van der Waals surface area contributed by atoms with E-state index in [1.165, 1.54) is 11.1 Å². The number of carbonyl (C=O) groups is 1. The van der Waals surface area contributed by atoms with Crippen molar-refractivity contribution in [3.05, 3.63) is 53.3 Å². The van der Waals surface area contributed by atoms with Crippen LogP contribution in [0.3, 0.4) is 0 Å². The molecule has 1 N–H and O–H groups in total. The van der Waals surface area contributed by atoms with Crippen LogP contribution >= 0.6 is 0 Å². The van der Waals surface area contributed by atoms with E-state index in [0.29, 0.717) is 6.54 Å². The van der Waals surface area contributed by atoms with Crippen molar-refractivity contribution in [1.29, 1.82) is 0 Å². The first-order valence-electron chi connectivity index (χ1n) is 8.05. The Kier molecular flexibility index (Phi) is 4.48. The molecule has 1 amide bonds. The van der Waals surface area contributed by atoms with E-state index in [1.54, 1.807) is 4.68 Å². The summed E-state index contributed by atoms with van der Waals surface area (Å²) in [7, 11) is 3.81. The van der Waals surface area contributed by atoms with Crippen molar-refractivity contribution < 1.29 is 4.79 Å². The van der Waals surface area contributed by atoms with Gasteiger partial charge in [0.15, 0.2) is 0 Å². The van der Waals surface area contributed by atoms with Crippen molar-refractivity contribution in [1.82, 2.24) is 20.0 Å². The van der Waals surface area contributed by atoms with Gasteiger partial charge in [-0.25, -0.2) is 0 Å². The van der Waals surface area contributed by atoms with Crippen LogP contribution < -0.4 is 5.32 Å². The Bertz CT molecular complexity index is 694. The molecule has 0 spiro atoms. The predicted octanol–water partition coefficient (Wildman–Crippen LogP) is 1.69. The normalized spacial score (nSPS) is 20.7. The Balaban J connectivity index is 1.72. The standard InChI is InChI=1S/C18H24N4O/c1-13-6-4-5-7-14(13)11-21(2)18(23)17-10-19-9-16(17)15-8-20-22(3)12-15/h4-8,12,16-17,19H,9-11H2,1-3H3/t16-,17+/m1/s1. The number of benzene rings is 1. The Morgan fingerprint density at radius 2 is 2.17 bits per heavy atom. The van der Waals surface area contributed by atoms with Gasteiger partial charge in [-0.2, -0.15) is 5.10 Å². The van der Waals surface area contributed by atoms with Crippen LogP contribution in [-0.2, 0) is 18.4 Å². The lowest BCUT2D eigenvalue weighted by Gasteiger charge is -2.24. The monoisotopic (exact) mass is 312 g/mol. The van der Waals surface area contributed by atoms with Gasteiger partial charge in [0.2, 0.25) is 5.91 Å². The molecule has 0 unspecified atom stereocenters. The van der Waals surface area contributed by atoms with Gasteiger partial charge < -0.3 is 10.2 Å². The van der Waals surface area contributed by atoms with Crippen LogP contribution in [0.1, 0.15) is 22.6 Å². The van der Waals surface area contributed by atoms with Crippen LogP contribution in [0.15, 0.2) is 36.7 Å². The third-order valence-electron chi connectivity index (χ3n) is 4.73. The summed E-state index contributed by atoms with van der Waals surface area (Å²) in [6.07, 6.45) is 3.89. The zero-order chi connectivity index (χ0) is 16.4. The van der Waals surface area contributed by atoms with Crippen LogP contribution in [0.4, 0.5) is 0 Å². The highest BCUT2D eigenvalue weighted by Crippen LogP contribution is 2.29. The number of hydrogen-bond donors (Lipinski definition) is 1. The van der Waals surface area contributed by atoms with Gasteiger partial charge in [-0.15, -0.1) is 0 Å². The van der Waals surface area contributed by atoms with Gasteiger partial charge in [0.25, 0.3) is 0 Å². The molecule has 5 heteroatoms. The molecule has 23 heavy (non-hydrogen) atoms. The maximum atomic E-state index is 12.9. The fourth-order valence-electron chi connectivity index (χ4n) is 3.32. The Morgan fingerprint density at radius 3 is 2.87 bits per heavy atom. The maximum absolute atomic E-state index is 12.9. The quantitative estimate of drug-likeness (QED) is 0.935. The van der Waals surface area contributed by atoms with E-state index >= 15 is 0 Å². The highest BCUT2D eigenvalue weighted by molar-refractivity contribution is 5.80. The molecule has 1 saturated heterocycles. The summed E-state index contributed by atoms with van der Waals surface area (Å²) in [6, 6.07) is 8.23. The van der Waals surface area contributed by atoms with E-state index in [-0.39, 0.29) is 17.7 Å². The molecule has 1 fully saturated rings. The fourth-order valence-corrected chi connectivity index (χ4v) is 3.32. The largest absolute Gasteiger partial charge is 0.341 e. The number of aromatic nitrogens is 2. The summed E-state index contributed by atoms with van der Waals surface area (Å²) in [4.78, 5) is 14.8. The van der Waals surface area contributed by atoms with Gasteiger partial charge in [0.05, 0.1) is 12.1 Å². The van der Waals surface area contributed by atoms with Crippen molar-refractivity contribution in [3.8, 4) is 0 Å². The second-order valence-electron chi connectivity index (χ2n) is 6.44. The van der Waals surface area contributed by atoms with Crippen LogP contribution in [-0.4, -0.2) is 40.7 Å². The molecule has 2 heterocycles. The average Bonchev–Trinajstić information content (AvgIpc) is 3.17. The zero-order valence-corrected chi connectivity index (χ0v) is 14.0. The number of rotatable bonds is 4. The first-order chi connectivity index (χ1) is 11.1. The van der Waals surface area contributed by atoms with Gasteiger partial charge in [0, 0.05) is 45.8 Å². The topological polar surface area (TPSA) is 50.2 Å².